The van der Waals surface area contributed by atoms with Crippen molar-refractivity contribution in [3.63, 3.8) is 0 Å². The van der Waals surface area contributed by atoms with E-state index in [1.165, 1.54) is 31.2 Å². The summed E-state index contributed by atoms with van der Waals surface area (Å²) in [6.45, 7) is 15.6. The largest absolute Gasteiger partial charge is 0.507 e. The second-order valence-corrected chi connectivity index (χ2v) is 8.16. The lowest BCUT2D eigenvalue weighted by Gasteiger charge is -2.32. The maximum atomic E-state index is 10.7. The average Bonchev–Trinajstić information content (AvgIpc) is 2.45. The Labute approximate surface area is 138 Å². The zero-order valence-corrected chi connectivity index (χ0v) is 15.8. The zero-order valence-electron chi connectivity index (χ0n) is 15.8. The Kier molecular flexibility index (Phi) is 6.52. The molecule has 0 saturated carbocycles. The predicted molar refractivity (Wildman–Crippen MR) is 97.9 cm³/mol. The van der Waals surface area contributed by atoms with Gasteiger partial charge in [0.05, 0.1) is 0 Å². The number of unbranched alkanes of at least 4 members (excludes halogenated alkanes) is 3. The average molecular weight is 305 g/mol. The first-order valence-electron chi connectivity index (χ1n) is 9.00. The van der Waals surface area contributed by atoms with Gasteiger partial charge in [-0.2, -0.15) is 0 Å². The summed E-state index contributed by atoms with van der Waals surface area (Å²) in [4.78, 5) is 0. The highest BCUT2D eigenvalue weighted by Gasteiger charge is 2.29. The highest BCUT2D eigenvalue weighted by Crippen LogP contribution is 2.42. The van der Waals surface area contributed by atoms with Gasteiger partial charge in [0, 0.05) is 5.56 Å². The number of aromatic hydroxyl groups is 1. The summed E-state index contributed by atoms with van der Waals surface area (Å²) in [6.07, 6.45) is 7.35. The van der Waals surface area contributed by atoms with Gasteiger partial charge in [0.2, 0.25) is 0 Å². The summed E-state index contributed by atoms with van der Waals surface area (Å²) in [5, 5.41) is 10.7. The first kappa shape index (κ1) is 19.1. The number of phenolic OH excluding ortho intramolecular Hbond substituents is 1. The molecular formula is C21H36O. The zero-order chi connectivity index (χ0) is 17.0. The van der Waals surface area contributed by atoms with Crippen molar-refractivity contribution in [2.45, 2.75) is 97.8 Å². The minimum absolute atomic E-state index is 0.0733. The Bertz CT molecular complexity index is 481. The van der Waals surface area contributed by atoms with Gasteiger partial charge in [0.15, 0.2) is 0 Å². The molecule has 0 saturated heterocycles. The molecule has 1 aromatic rings. The lowest BCUT2D eigenvalue weighted by molar-refractivity contribution is 0.368. The van der Waals surface area contributed by atoms with E-state index in [1.807, 2.05) is 6.92 Å². The summed E-state index contributed by atoms with van der Waals surface area (Å²) in [6, 6.07) is 4.40. The number of rotatable bonds is 7. The smallest absolute Gasteiger partial charge is 0.122 e. The number of aryl methyl sites for hydroxylation is 1. The minimum Gasteiger partial charge on any atom is -0.507 e. The van der Waals surface area contributed by atoms with Crippen LogP contribution in [-0.4, -0.2) is 5.11 Å². The van der Waals surface area contributed by atoms with Gasteiger partial charge >= 0.3 is 0 Å². The second kappa shape index (κ2) is 7.53. The van der Waals surface area contributed by atoms with E-state index in [4.69, 9.17) is 0 Å². The summed E-state index contributed by atoms with van der Waals surface area (Å²) in [5.41, 5.74) is 3.67. The van der Waals surface area contributed by atoms with Gasteiger partial charge in [-0.05, 0) is 41.7 Å². The van der Waals surface area contributed by atoms with Crippen molar-refractivity contribution in [1.82, 2.24) is 0 Å². The van der Waals surface area contributed by atoms with E-state index in [9.17, 15) is 5.11 Å². The molecule has 0 aliphatic rings. The minimum atomic E-state index is 0.0733. The molecule has 126 valence electrons. The third kappa shape index (κ3) is 4.51. The Hall–Kier alpha value is -0.980. The second-order valence-electron chi connectivity index (χ2n) is 8.16. The molecule has 0 heterocycles. The molecule has 1 heteroatoms. The van der Waals surface area contributed by atoms with Crippen molar-refractivity contribution in [3.8, 4) is 5.75 Å². The molecule has 0 radical (unpaired) electrons. The number of hydrogen-bond acceptors (Lipinski definition) is 1. The summed E-state index contributed by atoms with van der Waals surface area (Å²) in [7, 11) is 0. The summed E-state index contributed by atoms with van der Waals surface area (Å²) >= 11 is 0. The highest BCUT2D eigenvalue weighted by molar-refractivity contribution is 5.48. The normalized spacial score (nSPS) is 14.9. The Morgan fingerprint density at radius 3 is 2.09 bits per heavy atom. The Morgan fingerprint density at radius 2 is 1.59 bits per heavy atom. The van der Waals surface area contributed by atoms with Gasteiger partial charge in [-0.3, -0.25) is 0 Å². The van der Waals surface area contributed by atoms with Crippen molar-refractivity contribution in [2.75, 3.05) is 0 Å². The molecule has 1 N–H and O–H groups in total. The molecule has 1 atom stereocenters. The molecule has 22 heavy (non-hydrogen) atoms. The molecule has 0 aliphatic carbocycles. The molecule has 0 aliphatic heterocycles. The SMILES string of the molecule is CCCCCCC(C)(CC)c1cc(C(C)(C)C)cc(C)c1O. The molecule has 0 bridgehead atoms. The standard InChI is InChI=1S/C21H36O/c1-8-10-11-12-13-21(7,9-2)18-15-17(20(4,5)6)14-16(3)19(18)22/h14-15,22H,8-13H2,1-7H3. The molecule has 0 amide bonds. The van der Waals surface area contributed by atoms with Gasteiger partial charge in [-0.1, -0.05) is 79.4 Å². The molecular weight excluding hydrogens is 268 g/mol. The van der Waals surface area contributed by atoms with E-state index >= 15 is 0 Å². The third-order valence-electron chi connectivity index (χ3n) is 5.18. The van der Waals surface area contributed by atoms with Gasteiger partial charge in [0.25, 0.3) is 0 Å². The topological polar surface area (TPSA) is 20.2 Å². The van der Waals surface area contributed by atoms with E-state index in [0.29, 0.717) is 5.75 Å². The van der Waals surface area contributed by atoms with Crippen LogP contribution in [0.2, 0.25) is 0 Å². The van der Waals surface area contributed by atoms with Crippen LogP contribution in [0.1, 0.15) is 96.8 Å². The molecule has 0 spiro atoms. The quantitative estimate of drug-likeness (QED) is 0.560. The molecule has 0 fully saturated rings. The lowest BCUT2D eigenvalue weighted by Crippen LogP contribution is -2.23. The maximum Gasteiger partial charge on any atom is 0.122 e. The van der Waals surface area contributed by atoms with Crippen molar-refractivity contribution in [2.24, 2.45) is 0 Å². The van der Waals surface area contributed by atoms with Crippen LogP contribution >= 0.6 is 0 Å². The van der Waals surface area contributed by atoms with Crippen molar-refractivity contribution in [3.05, 3.63) is 28.8 Å². The van der Waals surface area contributed by atoms with Gasteiger partial charge < -0.3 is 5.11 Å². The van der Waals surface area contributed by atoms with Crippen LogP contribution in [0.5, 0.6) is 5.75 Å². The highest BCUT2D eigenvalue weighted by atomic mass is 16.3. The monoisotopic (exact) mass is 304 g/mol. The summed E-state index contributed by atoms with van der Waals surface area (Å²) < 4.78 is 0. The molecule has 1 aromatic carbocycles. The van der Waals surface area contributed by atoms with Crippen LogP contribution in [0.15, 0.2) is 12.1 Å². The predicted octanol–water partition coefficient (Wildman–Crippen LogP) is 6.64. The van der Waals surface area contributed by atoms with Crippen LogP contribution in [0.25, 0.3) is 0 Å². The Balaban J connectivity index is 3.17. The van der Waals surface area contributed by atoms with Crippen LogP contribution in [0, 0.1) is 6.92 Å². The number of phenols is 1. The number of hydrogen-bond donors (Lipinski definition) is 1. The first-order chi connectivity index (χ1) is 10.2. The van der Waals surface area contributed by atoms with Crippen molar-refractivity contribution >= 4 is 0 Å². The van der Waals surface area contributed by atoms with E-state index < -0.39 is 0 Å². The van der Waals surface area contributed by atoms with Gasteiger partial charge in [-0.25, -0.2) is 0 Å². The van der Waals surface area contributed by atoms with Crippen LogP contribution in [-0.2, 0) is 10.8 Å². The Morgan fingerprint density at radius 1 is 0.955 bits per heavy atom. The van der Waals surface area contributed by atoms with Gasteiger partial charge in [-0.15, -0.1) is 0 Å². The fourth-order valence-corrected chi connectivity index (χ4v) is 3.12. The summed E-state index contributed by atoms with van der Waals surface area (Å²) in [5.74, 6) is 0.507. The molecule has 1 nitrogen and oxygen atoms in total. The van der Waals surface area contributed by atoms with Crippen molar-refractivity contribution < 1.29 is 5.11 Å². The first-order valence-corrected chi connectivity index (χ1v) is 9.00. The molecule has 1 rings (SSSR count). The van der Waals surface area contributed by atoms with E-state index in [-0.39, 0.29) is 10.8 Å². The van der Waals surface area contributed by atoms with E-state index in [1.54, 1.807) is 0 Å². The molecule has 1 unspecified atom stereocenters. The van der Waals surface area contributed by atoms with Crippen LogP contribution < -0.4 is 0 Å². The maximum absolute atomic E-state index is 10.7. The van der Waals surface area contributed by atoms with E-state index in [2.05, 4.69) is 53.7 Å². The third-order valence-corrected chi connectivity index (χ3v) is 5.18. The fraction of sp³-hybridized carbons (Fsp3) is 0.714. The number of benzene rings is 1. The van der Waals surface area contributed by atoms with Crippen LogP contribution in [0.4, 0.5) is 0 Å². The lowest BCUT2D eigenvalue weighted by atomic mass is 9.73. The van der Waals surface area contributed by atoms with Crippen LogP contribution in [0.3, 0.4) is 0 Å². The van der Waals surface area contributed by atoms with Crippen molar-refractivity contribution in [1.29, 1.82) is 0 Å². The van der Waals surface area contributed by atoms with Gasteiger partial charge in [0.1, 0.15) is 5.75 Å². The molecule has 0 aromatic heterocycles. The fourth-order valence-electron chi connectivity index (χ4n) is 3.12. The van der Waals surface area contributed by atoms with E-state index in [0.717, 1.165) is 24.0 Å².